The van der Waals surface area contributed by atoms with E-state index in [-0.39, 0.29) is 23.8 Å². The molecule has 4 nitrogen and oxygen atoms in total. The Kier molecular flexibility index (Phi) is 5.28. The Morgan fingerprint density at radius 2 is 1.91 bits per heavy atom. The summed E-state index contributed by atoms with van der Waals surface area (Å²) < 4.78 is 13.1. The van der Waals surface area contributed by atoms with E-state index < -0.39 is 0 Å². The van der Waals surface area contributed by atoms with Gasteiger partial charge in [-0.15, -0.1) is 0 Å². The number of carbonyl (C=O) groups is 1. The lowest BCUT2D eigenvalue weighted by Gasteiger charge is -2.40. The lowest BCUT2D eigenvalue weighted by atomic mass is 9.98. The van der Waals surface area contributed by atoms with E-state index in [2.05, 4.69) is 4.90 Å². The number of likely N-dealkylation sites (tertiary alicyclic amines) is 2. The van der Waals surface area contributed by atoms with Gasteiger partial charge in [-0.25, -0.2) is 4.39 Å². The summed E-state index contributed by atoms with van der Waals surface area (Å²) in [5, 5.41) is 0. The number of halogens is 1. The molecule has 2 atom stereocenters. The van der Waals surface area contributed by atoms with Crippen molar-refractivity contribution in [1.29, 1.82) is 0 Å². The van der Waals surface area contributed by atoms with Gasteiger partial charge in [0.05, 0.1) is 6.04 Å². The third-order valence-electron chi connectivity index (χ3n) is 4.97. The van der Waals surface area contributed by atoms with E-state index in [1.54, 1.807) is 0 Å². The quantitative estimate of drug-likeness (QED) is 0.928. The molecule has 1 amide bonds. The van der Waals surface area contributed by atoms with Crippen molar-refractivity contribution in [2.75, 3.05) is 19.6 Å². The van der Waals surface area contributed by atoms with Gasteiger partial charge < -0.3 is 10.6 Å². The number of rotatable bonds is 3. The Hall–Kier alpha value is -1.46. The summed E-state index contributed by atoms with van der Waals surface area (Å²) in [6.07, 6.45) is 5.12. The Morgan fingerprint density at radius 1 is 1.13 bits per heavy atom. The molecule has 2 fully saturated rings. The largest absolute Gasteiger partial charge is 0.340 e. The molecule has 3 rings (SSSR count). The van der Waals surface area contributed by atoms with Crippen molar-refractivity contribution in [3.05, 3.63) is 35.6 Å². The summed E-state index contributed by atoms with van der Waals surface area (Å²) in [7, 11) is 0. The van der Waals surface area contributed by atoms with Crippen molar-refractivity contribution >= 4 is 5.91 Å². The van der Waals surface area contributed by atoms with E-state index in [1.165, 1.54) is 12.1 Å². The minimum Gasteiger partial charge on any atom is -0.340 e. The van der Waals surface area contributed by atoms with Crippen LogP contribution in [0.2, 0.25) is 0 Å². The number of amides is 1. The van der Waals surface area contributed by atoms with E-state index in [9.17, 15) is 9.18 Å². The molecule has 126 valence electrons. The maximum absolute atomic E-state index is 13.1. The molecule has 0 aliphatic carbocycles. The molecule has 0 saturated carbocycles. The van der Waals surface area contributed by atoms with Gasteiger partial charge in [0, 0.05) is 25.7 Å². The van der Waals surface area contributed by atoms with Crippen LogP contribution in [0.25, 0.3) is 0 Å². The molecule has 2 aliphatic rings. The van der Waals surface area contributed by atoms with Crippen molar-refractivity contribution in [3.63, 3.8) is 0 Å². The minimum atomic E-state index is -0.220. The van der Waals surface area contributed by atoms with Crippen LogP contribution in [-0.2, 0) is 11.3 Å². The predicted molar refractivity (Wildman–Crippen MR) is 88.2 cm³/mol. The highest BCUT2D eigenvalue weighted by Crippen LogP contribution is 2.23. The van der Waals surface area contributed by atoms with Crippen LogP contribution in [-0.4, -0.2) is 47.4 Å². The first-order chi connectivity index (χ1) is 11.1. The predicted octanol–water partition coefficient (Wildman–Crippen LogP) is 2.13. The minimum absolute atomic E-state index is 0.0564. The van der Waals surface area contributed by atoms with Crippen molar-refractivity contribution in [3.8, 4) is 0 Å². The van der Waals surface area contributed by atoms with Crippen LogP contribution in [0.1, 0.15) is 37.7 Å². The summed E-state index contributed by atoms with van der Waals surface area (Å²) in [6, 6.07) is 6.64. The Balaban J connectivity index is 1.68. The van der Waals surface area contributed by atoms with E-state index >= 15 is 0 Å². The molecule has 2 saturated heterocycles. The lowest BCUT2D eigenvalue weighted by molar-refractivity contribution is -0.139. The van der Waals surface area contributed by atoms with Crippen LogP contribution in [0, 0.1) is 5.82 Å². The second-order valence-corrected chi connectivity index (χ2v) is 6.80. The monoisotopic (exact) mass is 319 g/mol. The number of hydrogen-bond donors (Lipinski definition) is 1. The molecule has 5 heteroatoms. The standard InChI is InChI=1S/C18H26FN3O/c19-15-8-6-14(7-9-15)12-21-10-2-1-5-17(21)18(23)22-11-3-4-16(20)13-22/h6-9,16-17H,1-5,10-13,20H2/t16-,17+/m0/s1. The summed E-state index contributed by atoms with van der Waals surface area (Å²) in [4.78, 5) is 17.1. The first-order valence-electron chi connectivity index (χ1n) is 8.66. The SMILES string of the molecule is N[C@H]1CCCN(C(=O)[C@H]2CCCCN2Cc2ccc(F)cc2)C1. The van der Waals surface area contributed by atoms with Gasteiger partial charge in [-0.3, -0.25) is 9.69 Å². The maximum Gasteiger partial charge on any atom is 0.239 e. The maximum atomic E-state index is 13.1. The molecule has 1 aromatic rings. The van der Waals surface area contributed by atoms with Gasteiger partial charge in [-0.05, 0) is 49.9 Å². The van der Waals surface area contributed by atoms with Gasteiger partial charge in [-0.2, -0.15) is 0 Å². The molecule has 0 aromatic heterocycles. The average molecular weight is 319 g/mol. The topological polar surface area (TPSA) is 49.6 Å². The fourth-order valence-corrected chi connectivity index (χ4v) is 3.71. The van der Waals surface area contributed by atoms with Crippen molar-refractivity contribution < 1.29 is 9.18 Å². The molecule has 2 aliphatic heterocycles. The zero-order valence-corrected chi connectivity index (χ0v) is 13.6. The van der Waals surface area contributed by atoms with Gasteiger partial charge in [0.2, 0.25) is 5.91 Å². The van der Waals surface area contributed by atoms with Gasteiger partial charge in [0.1, 0.15) is 5.82 Å². The first kappa shape index (κ1) is 16.4. The van der Waals surface area contributed by atoms with Gasteiger partial charge in [-0.1, -0.05) is 18.6 Å². The van der Waals surface area contributed by atoms with Crippen molar-refractivity contribution in [1.82, 2.24) is 9.80 Å². The zero-order chi connectivity index (χ0) is 16.2. The molecule has 0 spiro atoms. The second kappa shape index (κ2) is 7.41. The van der Waals surface area contributed by atoms with Crippen LogP contribution >= 0.6 is 0 Å². The molecule has 2 heterocycles. The Bertz CT molecular complexity index is 534. The summed E-state index contributed by atoms with van der Waals surface area (Å²) in [6.45, 7) is 3.14. The third-order valence-corrected chi connectivity index (χ3v) is 4.97. The van der Waals surface area contributed by atoms with Crippen LogP contribution < -0.4 is 5.73 Å². The van der Waals surface area contributed by atoms with Crippen molar-refractivity contribution in [2.45, 2.75) is 50.7 Å². The fraction of sp³-hybridized carbons (Fsp3) is 0.611. The molecule has 0 unspecified atom stereocenters. The van der Waals surface area contributed by atoms with E-state index in [0.717, 1.165) is 50.8 Å². The number of piperidine rings is 2. The third kappa shape index (κ3) is 4.09. The fourth-order valence-electron chi connectivity index (χ4n) is 3.71. The van der Waals surface area contributed by atoms with Gasteiger partial charge in [0.25, 0.3) is 0 Å². The van der Waals surface area contributed by atoms with Gasteiger partial charge >= 0.3 is 0 Å². The Morgan fingerprint density at radius 3 is 2.65 bits per heavy atom. The summed E-state index contributed by atoms with van der Waals surface area (Å²) in [5.74, 6) is 0.00397. The molecule has 0 bridgehead atoms. The highest BCUT2D eigenvalue weighted by Gasteiger charge is 2.33. The highest BCUT2D eigenvalue weighted by molar-refractivity contribution is 5.82. The lowest BCUT2D eigenvalue weighted by Crippen LogP contribution is -2.54. The Labute approximate surface area is 137 Å². The normalized spacial score (nSPS) is 26.3. The molecule has 1 aromatic carbocycles. The molecule has 23 heavy (non-hydrogen) atoms. The van der Waals surface area contributed by atoms with E-state index in [4.69, 9.17) is 5.73 Å². The number of hydrogen-bond acceptors (Lipinski definition) is 3. The highest BCUT2D eigenvalue weighted by atomic mass is 19.1. The van der Waals surface area contributed by atoms with E-state index in [1.807, 2.05) is 17.0 Å². The van der Waals surface area contributed by atoms with Crippen LogP contribution in [0.3, 0.4) is 0 Å². The van der Waals surface area contributed by atoms with Crippen LogP contribution in [0.5, 0.6) is 0 Å². The molecule has 0 radical (unpaired) electrons. The van der Waals surface area contributed by atoms with E-state index in [0.29, 0.717) is 13.1 Å². The number of nitrogens with zero attached hydrogens (tertiary/aromatic N) is 2. The molecular weight excluding hydrogens is 293 g/mol. The van der Waals surface area contributed by atoms with Crippen LogP contribution in [0.15, 0.2) is 24.3 Å². The first-order valence-corrected chi connectivity index (χ1v) is 8.66. The summed E-state index contributed by atoms with van der Waals surface area (Å²) in [5.41, 5.74) is 7.08. The number of benzene rings is 1. The number of nitrogens with two attached hydrogens (primary N) is 1. The smallest absolute Gasteiger partial charge is 0.239 e. The molecule has 2 N–H and O–H groups in total. The second-order valence-electron chi connectivity index (χ2n) is 6.80. The zero-order valence-electron chi connectivity index (χ0n) is 13.6. The average Bonchev–Trinajstić information content (AvgIpc) is 2.57. The number of carbonyl (C=O) groups excluding carboxylic acids is 1. The molecular formula is C18H26FN3O. The van der Waals surface area contributed by atoms with Gasteiger partial charge in [0.15, 0.2) is 0 Å². The summed E-state index contributed by atoms with van der Waals surface area (Å²) >= 11 is 0. The van der Waals surface area contributed by atoms with Crippen molar-refractivity contribution in [2.24, 2.45) is 5.73 Å². The van der Waals surface area contributed by atoms with Crippen LogP contribution in [0.4, 0.5) is 4.39 Å².